The average Bonchev–Trinajstić information content (AvgIpc) is 2.72. The second-order valence-corrected chi connectivity index (χ2v) is 4.76. The third-order valence-electron chi connectivity index (χ3n) is 2.82. The van der Waals surface area contributed by atoms with Crippen molar-refractivity contribution in [3.63, 3.8) is 0 Å². The molecule has 0 N–H and O–H groups in total. The van der Waals surface area contributed by atoms with Gasteiger partial charge in [0.1, 0.15) is 12.2 Å². The van der Waals surface area contributed by atoms with Crippen molar-refractivity contribution in [1.82, 2.24) is 0 Å². The van der Waals surface area contributed by atoms with Crippen molar-refractivity contribution < 1.29 is 19.0 Å². The van der Waals surface area contributed by atoms with Gasteiger partial charge in [0.2, 0.25) is 0 Å². The normalized spacial score (nSPS) is 23.8. The summed E-state index contributed by atoms with van der Waals surface area (Å²) in [5, 5.41) is 0. The summed E-state index contributed by atoms with van der Waals surface area (Å²) in [6, 6.07) is 9.73. The highest BCUT2D eigenvalue weighted by molar-refractivity contribution is 5.57. The number of benzene rings is 1. The summed E-state index contributed by atoms with van der Waals surface area (Å²) < 4.78 is 16.6. The van der Waals surface area contributed by atoms with Crippen LogP contribution in [0.4, 0.5) is 0 Å². The number of rotatable bonds is 5. The predicted molar refractivity (Wildman–Crippen MR) is 66.0 cm³/mol. The molecule has 0 unspecified atom stereocenters. The van der Waals surface area contributed by atoms with Gasteiger partial charge in [0, 0.05) is 0 Å². The molecular weight excluding hydrogens is 232 g/mol. The van der Waals surface area contributed by atoms with Crippen molar-refractivity contribution in [2.24, 2.45) is 0 Å². The van der Waals surface area contributed by atoms with Crippen LogP contribution in [0.3, 0.4) is 0 Å². The van der Waals surface area contributed by atoms with Crippen LogP contribution in [0.15, 0.2) is 30.3 Å². The van der Waals surface area contributed by atoms with Crippen molar-refractivity contribution in [2.75, 3.05) is 6.61 Å². The van der Waals surface area contributed by atoms with E-state index >= 15 is 0 Å². The van der Waals surface area contributed by atoms with Crippen LogP contribution in [0.1, 0.15) is 19.4 Å². The lowest BCUT2D eigenvalue weighted by atomic mass is 10.2. The minimum Gasteiger partial charge on any atom is -0.363 e. The number of aldehydes is 1. The molecule has 0 amide bonds. The van der Waals surface area contributed by atoms with Crippen LogP contribution < -0.4 is 0 Å². The quantitative estimate of drug-likeness (QED) is 0.749. The van der Waals surface area contributed by atoms with E-state index in [1.807, 2.05) is 44.2 Å². The van der Waals surface area contributed by atoms with Gasteiger partial charge in [0.15, 0.2) is 12.1 Å². The number of hydrogen-bond acceptors (Lipinski definition) is 4. The summed E-state index contributed by atoms with van der Waals surface area (Å²) in [5.41, 5.74) is 1.03. The van der Waals surface area contributed by atoms with Crippen LogP contribution in [-0.4, -0.2) is 30.9 Å². The molecule has 18 heavy (non-hydrogen) atoms. The molecule has 2 rings (SSSR count). The van der Waals surface area contributed by atoms with E-state index in [4.69, 9.17) is 14.2 Å². The number of carbonyl (C=O) groups excluding carboxylic acids is 1. The standard InChI is InChI=1S/C14H18O4/c1-14(2)17-10-13(18-14)12(8-15)16-9-11-6-4-3-5-7-11/h3-8,12-13H,9-10H2,1-2H3/t12-,13+/m1/s1. The topological polar surface area (TPSA) is 44.8 Å². The molecule has 1 saturated heterocycles. The molecule has 0 saturated carbocycles. The summed E-state index contributed by atoms with van der Waals surface area (Å²) in [6.07, 6.45) is -0.147. The van der Waals surface area contributed by atoms with E-state index < -0.39 is 11.9 Å². The molecule has 1 aromatic rings. The zero-order valence-electron chi connectivity index (χ0n) is 10.7. The molecule has 0 radical (unpaired) electrons. The van der Waals surface area contributed by atoms with Gasteiger partial charge in [-0.25, -0.2) is 0 Å². The van der Waals surface area contributed by atoms with Gasteiger partial charge in [-0.15, -0.1) is 0 Å². The largest absolute Gasteiger partial charge is 0.363 e. The molecule has 1 aromatic carbocycles. The molecular formula is C14H18O4. The van der Waals surface area contributed by atoms with Gasteiger partial charge < -0.3 is 19.0 Å². The molecule has 4 nitrogen and oxygen atoms in total. The van der Waals surface area contributed by atoms with E-state index in [-0.39, 0.29) is 6.10 Å². The predicted octanol–water partition coefficient (Wildman–Crippen LogP) is 1.92. The van der Waals surface area contributed by atoms with Crippen LogP contribution in [-0.2, 0) is 25.6 Å². The Morgan fingerprint density at radius 1 is 1.44 bits per heavy atom. The Hall–Kier alpha value is -1.23. The summed E-state index contributed by atoms with van der Waals surface area (Å²) >= 11 is 0. The first-order valence-corrected chi connectivity index (χ1v) is 6.03. The van der Waals surface area contributed by atoms with Gasteiger partial charge in [0.25, 0.3) is 0 Å². The zero-order chi connectivity index (χ0) is 13.0. The van der Waals surface area contributed by atoms with Crippen LogP contribution in [0.25, 0.3) is 0 Å². The fourth-order valence-corrected chi connectivity index (χ4v) is 1.88. The highest BCUT2D eigenvalue weighted by Crippen LogP contribution is 2.25. The maximum absolute atomic E-state index is 11.1. The van der Waals surface area contributed by atoms with Crippen molar-refractivity contribution >= 4 is 6.29 Å². The van der Waals surface area contributed by atoms with Gasteiger partial charge in [0.05, 0.1) is 13.2 Å². The van der Waals surface area contributed by atoms with Crippen LogP contribution >= 0.6 is 0 Å². The van der Waals surface area contributed by atoms with Crippen LogP contribution in [0.5, 0.6) is 0 Å². The molecule has 0 bridgehead atoms. The Bertz CT molecular complexity index is 388. The lowest BCUT2D eigenvalue weighted by Crippen LogP contribution is -2.34. The van der Waals surface area contributed by atoms with E-state index in [2.05, 4.69) is 0 Å². The van der Waals surface area contributed by atoms with Crippen molar-refractivity contribution in [2.45, 2.75) is 38.4 Å². The smallest absolute Gasteiger partial charge is 0.163 e. The first-order chi connectivity index (χ1) is 8.61. The second kappa shape index (κ2) is 5.61. The summed E-state index contributed by atoms with van der Waals surface area (Å²) in [6.45, 7) is 4.42. The average molecular weight is 250 g/mol. The second-order valence-electron chi connectivity index (χ2n) is 4.76. The Labute approximate surface area is 107 Å². The van der Waals surface area contributed by atoms with Crippen molar-refractivity contribution in [1.29, 1.82) is 0 Å². The summed E-state index contributed by atoms with van der Waals surface area (Å²) in [5.74, 6) is -0.637. The van der Waals surface area contributed by atoms with E-state index in [0.29, 0.717) is 13.2 Å². The van der Waals surface area contributed by atoms with Gasteiger partial charge in [-0.3, -0.25) is 0 Å². The third-order valence-corrected chi connectivity index (χ3v) is 2.82. The van der Waals surface area contributed by atoms with Gasteiger partial charge in [-0.1, -0.05) is 30.3 Å². The summed E-state index contributed by atoms with van der Waals surface area (Å²) in [7, 11) is 0. The van der Waals surface area contributed by atoms with E-state index in [9.17, 15) is 4.79 Å². The summed E-state index contributed by atoms with van der Waals surface area (Å²) in [4.78, 5) is 11.1. The van der Waals surface area contributed by atoms with Gasteiger partial charge in [-0.05, 0) is 19.4 Å². The fourth-order valence-electron chi connectivity index (χ4n) is 1.88. The maximum atomic E-state index is 11.1. The molecule has 1 aliphatic rings. The molecule has 4 heteroatoms. The fraction of sp³-hybridized carbons (Fsp3) is 0.500. The monoisotopic (exact) mass is 250 g/mol. The zero-order valence-corrected chi connectivity index (χ0v) is 10.7. The minimum atomic E-state index is -0.637. The van der Waals surface area contributed by atoms with Gasteiger partial charge >= 0.3 is 0 Å². The van der Waals surface area contributed by atoms with E-state index in [1.54, 1.807) is 0 Å². The van der Waals surface area contributed by atoms with Crippen LogP contribution in [0, 0.1) is 0 Å². The highest BCUT2D eigenvalue weighted by Gasteiger charge is 2.37. The van der Waals surface area contributed by atoms with Crippen molar-refractivity contribution in [3.05, 3.63) is 35.9 Å². The molecule has 0 aliphatic carbocycles. The Balaban J connectivity index is 1.89. The highest BCUT2D eigenvalue weighted by atomic mass is 16.7. The number of ether oxygens (including phenoxy) is 3. The van der Waals surface area contributed by atoms with Gasteiger partial charge in [-0.2, -0.15) is 0 Å². The third kappa shape index (κ3) is 3.38. The first-order valence-electron chi connectivity index (χ1n) is 6.03. The van der Waals surface area contributed by atoms with E-state index in [0.717, 1.165) is 11.8 Å². The molecule has 1 aliphatic heterocycles. The van der Waals surface area contributed by atoms with Crippen LogP contribution in [0.2, 0.25) is 0 Å². The molecule has 1 fully saturated rings. The van der Waals surface area contributed by atoms with Crippen molar-refractivity contribution in [3.8, 4) is 0 Å². The molecule has 0 aromatic heterocycles. The lowest BCUT2D eigenvalue weighted by molar-refractivity contribution is -0.160. The first kappa shape index (κ1) is 13.2. The molecule has 0 spiro atoms. The Morgan fingerprint density at radius 2 is 2.17 bits per heavy atom. The molecule has 98 valence electrons. The Morgan fingerprint density at radius 3 is 2.72 bits per heavy atom. The maximum Gasteiger partial charge on any atom is 0.163 e. The Kier molecular flexibility index (Phi) is 4.11. The molecule has 1 heterocycles. The number of hydrogen-bond donors (Lipinski definition) is 0. The lowest BCUT2D eigenvalue weighted by Gasteiger charge is -2.20. The molecule has 2 atom stereocenters. The number of carbonyl (C=O) groups is 1. The SMILES string of the molecule is CC1(C)OC[C@@H]([C@@H](C=O)OCc2ccccc2)O1. The van der Waals surface area contributed by atoms with E-state index in [1.165, 1.54) is 0 Å². The minimum absolute atomic E-state index is 0.332.